The van der Waals surface area contributed by atoms with E-state index in [2.05, 4.69) is 10.6 Å². The lowest BCUT2D eigenvalue weighted by Gasteiger charge is -2.09. The SMILES string of the molecule is CCOC(=O)c1ccc(NC(=O)Oc2cccc(NC(C)=O)c2)cc1. The zero-order valence-electron chi connectivity index (χ0n) is 13.9. The number of hydrogen-bond donors (Lipinski definition) is 2. The highest BCUT2D eigenvalue weighted by Crippen LogP contribution is 2.18. The van der Waals surface area contributed by atoms with Crippen LogP contribution in [0.1, 0.15) is 24.2 Å². The van der Waals surface area contributed by atoms with Gasteiger partial charge in [-0.3, -0.25) is 10.1 Å². The van der Waals surface area contributed by atoms with Gasteiger partial charge in [0, 0.05) is 24.4 Å². The van der Waals surface area contributed by atoms with Gasteiger partial charge in [0.1, 0.15) is 5.75 Å². The number of nitrogens with one attached hydrogen (secondary N) is 2. The quantitative estimate of drug-likeness (QED) is 0.812. The number of hydrogen-bond acceptors (Lipinski definition) is 5. The molecule has 0 atom stereocenters. The molecule has 0 saturated carbocycles. The molecular weight excluding hydrogens is 324 g/mol. The summed E-state index contributed by atoms with van der Waals surface area (Å²) in [5.74, 6) is -0.360. The van der Waals surface area contributed by atoms with Crippen molar-refractivity contribution in [2.45, 2.75) is 13.8 Å². The molecule has 2 amide bonds. The van der Waals surface area contributed by atoms with Crippen LogP contribution in [0.4, 0.5) is 16.2 Å². The first-order valence-corrected chi connectivity index (χ1v) is 7.61. The van der Waals surface area contributed by atoms with E-state index in [1.807, 2.05) is 0 Å². The van der Waals surface area contributed by atoms with Crippen molar-refractivity contribution in [1.29, 1.82) is 0 Å². The van der Waals surface area contributed by atoms with E-state index in [9.17, 15) is 14.4 Å². The first-order valence-electron chi connectivity index (χ1n) is 7.61. The summed E-state index contributed by atoms with van der Waals surface area (Å²) in [5.41, 5.74) is 1.39. The van der Waals surface area contributed by atoms with Crippen LogP contribution in [0.25, 0.3) is 0 Å². The van der Waals surface area contributed by atoms with E-state index < -0.39 is 12.1 Å². The number of ether oxygens (including phenoxy) is 2. The summed E-state index contributed by atoms with van der Waals surface area (Å²) in [4.78, 5) is 34.5. The second-order valence-electron chi connectivity index (χ2n) is 5.02. The molecule has 0 unspecified atom stereocenters. The lowest BCUT2D eigenvalue weighted by molar-refractivity contribution is -0.114. The van der Waals surface area contributed by atoms with Crippen LogP contribution in [-0.4, -0.2) is 24.6 Å². The van der Waals surface area contributed by atoms with Crippen molar-refractivity contribution in [3.8, 4) is 5.75 Å². The molecule has 0 aliphatic carbocycles. The van der Waals surface area contributed by atoms with Crippen molar-refractivity contribution >= 4 is 29.3 Å². The van der Waals surface area contributed by atoms with E-state index in [-0.39, 0.29) is 11.7 Å². The van der Waals surface area contributed by atoms with Crippen LogP contribution >= 0.6 is 0 Å². The first kappa shape index (κ1) is 18.0. The Bertz CT molecular complexity index is 771. The maximum Gasteiger partial charge on any atom is 0.417 e. The third-order valence-electron chi connectivity index (χ3n) is 3.01. The minimum atomic E-state index is -0.691. The maximum absolute atomic E-state index is 11.9. The minimum Gasteiger partial charge on any atom is -0.462 e. The number of esters is 1. The van der Waals surface area contributed by atoms with Crippen LogP contribution in [0.3, 0.4) is 0 Å². The summed E-state index contributed by atoms with van der Waals surface area (Å²) in [5, 5.41) is 5.15. The molecule has 0 radical (unpaired) electrons. The smallest absolute Gasteiger partial charge is 0.417 e. The van der Waals surface area contributed by atoms with Crippen LogP contribution in [-0.2, 0) is 9.53 Å². The normalized spacial score (nSPS) is 9.84. The number of carbonyl (C=O) groups is 3. The Labute approximate surface area is 144 Å². The lowest BCUT2D eigenvalue weighted by atomic mass is 10.2. The number of benzene rings is 2. The van der Waals surface area contributed by atoms with Crippen molar-refractivity contribution in [1.82, 2.24) is 0 Å². The molecule has 2 aromatic carbocycles. The average molecular weight is 342 g/mol. The average Bonchev–Trinajstić information content (AvgIpc) is 2.55. The molecule has 0 spiro atoms. The van der Waals surface area contributed by atoms with Crippen LogP contribution in [0.15, 0.2) is 48.5 Å². The molecule has 25 heavy (non-hydrogen) atoms. The maximum atomic E-state index is 11.9. The van der Waals surface area contributed by atoms with Gasteiger partial charge < -0.3 is 14.8 Å². The minimum absolute atomic E-state index is 0.219. The third-order valence-corrected chi connectivity index (χ3v) is 3.01. The number of amides is 2. The van der Waals surface area contributed by atoms with Gasteiger partial charge in [-0.05, 0) is 43.3 Å². The Hall–Kier alpha value is -3.35. The fourth-order valence-electron chi connectivity index (χ4n) is 2.00. The summed E-state index contributed by atoms with van der Waals surface area (Å²) in [6.45, 7) is 3.41. The van der Waals surface area contributed by atoms with Crippen LogP contribution in [0.5, 0.6) is 5.75 Å². The molecule has 2 rings (SSSR count). The molecule has 130 valence electrons. The zero-order valence-corrected chi connectivity index (χ0v) is 13.9. The van der Waals surface area contributed by atoms with E-state index in [4.69, 9.17) is 9.47 Å². The third kappa shape index (κ3) is 5.65. The molecule has 2 N–H and O–H groups in total. The molecule has 0 aromatic heterocycles. The van der Waals surface area contributed by atoms with Gasteiger partial charge in [-0.15, -0.1) is 0 Å². The van der Waals surface area contributed by atoms with E-state index in [1.165, 1.54) is 13.0 Å². The number of carbonyl (C=O) groups excluding carboxylic acids is 3. The zero-order chi connectivity index (χ0) is 18.2. The molecule has 0 saturated heterocycles. The van der Waals surface area contributed by atoms with Crippen molar-refractivity contribution in [2.75, 3.05) is 17.2 Å². The van der Waals surface area contributed by atoms with E-state index >= 15 is 0 Å². The molecule has 2 aromatic rings. The summed E-state index contributed by atoms with van der Waals surface area (Å²) in [7, 11) is 0. The van der Waals surface area contributed by atoms with Gasteiger partial charge >= 0.3 is 12.1 Å². The monoisotopic (exact) mass is 342 g/mol. The van der Waals surface area contributed by atoms with Gasteiger partial charge in [-0.25, -0.2) is 9.59 Å². The number of anilines is 2. The molecule has 7 heteroatoms. The highest BCUT2D eigenvalue weighted by atomic mass is 16.6. The second kappa shape index (κ2) is 8.49. The van der Waals surface area contributed by atoms with Crippen molar-refractivity contribution in [3.63, 3.8) is 0 Å². The Morgan fingerprint density at radius 2 is 1.68 bits per heavy atom. The van der Waals surface area contributed by atoms with Crippen molar-refractivity contribution in [3.05, 3.63) is 54.1 Å². The molecular formula is C18H18N2O5. The molecule has 0 fully saturated rings. The topological polar surface area (TPSA) is 93.7 Å². The predicted octanol–water partition coefficient (Wildman–Crippen LogP) is 3.43. The van der Waals surface area contributed by atoms with Crippen LogP contribution in [0.2, 0.25) is 0 Å². The summed E-state index contributed by atoms with van der Waals surface area (Å²) >= 11 is 0. The Balaban J connectivity index is 1.96. The molecule has 0 bridgehead atoms. The summed E-state index contributed by atoms with van der Waals surface area (Å²) in [6, 6.07) is 12.7. The van der Waals surface area contributed by atoms with E-state index in [0.717, 1.165) is 0 Å². The van der Waals surface area contributed by atoms with Crippen LogP contribution in [0, 0.1) is 0 Å². The highest BCUT2D eigenvalue weighted by Gasteiger charge is 2.09. The summed E-state index contributed by atoms with van der Waals surface area (Å²) < 4.78 is 10.0. The number of rotatable bonds is 5. The van der Waals surface area contributed by atoms with Gasteiger partial charge in [0.15, 0.2) is 0 Å². The molecule has 0 aliphatic rings. The van der Waals surface area contributed by atoms with Gasteiger partial charge in [0.05, 0.1) is 12.2 Å². The molecule has 0 heterocycles. The summed E-state index contributed by atoms with van der Waals surface area (Å²) in [6.07, 6.45) is -0.691. The van der Waals surface area contributed by atoms with Gasteiger partial charge in [0.25, 0.3) is 0 Å². The highest BCUT2D eigenvalue weighted by molar-refractivity contribution is 5.91. The molecule has 7 nitrogen and oxygen atoms in total. The van der Waals surface area contributed by atoms with E-state index in [0.29, 0.717) is 23.5 Å². The van der Waals surface area contributed by atoms with Crippen LogP contribution < -0.4 is 15.4 Å². The largest absolute Gasteiger partial charge is 0.462 e. The fourth-order valence-corrected chi connectivity index (χ4v) is 2.00. The van der Waals surface area contributed by atoms with Crippen molar-refractivity contribution < 1.29 is 23.9 Å². The van der Waals surface area contributed by atoms with Crippen molar-refractivity contribution in [2.24, 2.45) is 0 Å². The second-order valence-corrected chi connectivity index (χ2v) is 5.02. The Morgan fingerprint density at radius 3 is 2.32 bits per heavy atom. The Morgan fingerprint density at radius 1 is 0.960 bits per heavy atom. The molecule has 0 aliphatic heterocycles. The fraction of sp³-hybridized carbons (Fsp3) is 0.167. The van der Waals surface area contributed by atoms with Gasteiger partial charge in [-0.2, -0.15) is 0 Å². The van der Waals surface area contributed by atoms with E-state index in [1.54, 1.807) is 49.4 Å². The van der Waals surface area contributed by atoms with Gasteiger partial charge in [-0.1, -0.05) is 6.07 Å². The predicted molar refractivity (Wildman–Crippen MR) is 92.8 cm³/mol. The Kier molecular flexibility index (Phi) is 6.11. The van der Waals surface area contributed by atoms with Gasteiger partial charge in [0.2, 0.25) is 5.91 Å². The standard InChI is InChI=1S/C18H18N2O5/c1-3-24-17(22)13-7-9-14(10-8-13)20-18(23)25-16-6-4-5-15(11-16)19-12(2)21/h4-11H,3H2,1-2H3,(H,19,21)(H,20,23). The lowest BCUT2D eigenvalue weighted by Crippen LogP contribution is -2.17. The first-order chi connectivity index (χ1) is 12.0.